The monoisotopic (exact) mass is 280 g/mol. The van der Waals surface area contributed by atoms with Gasteiger partial charge in [0.2, 0.25) is 0 Å². The van der Waals surface area contributed by atoms with Gasteiger partial charge in [-0.2, -0.15) is 0 Å². The van der Waals surface area contributed by atoms with Crippen LogP contribution >= 0.6 is 15.9 Å². The summed E-state index contributed by atoms with van der Waals surface area (Å²) in [6.07, 6.45) is 0. The molecule has 1 aliphatic rings. The van der Waals surface area contributed by atoms with Crippen molar-refractivity contribution in [2.24, 2.45) is 0 Å². The lowest BCUT2D eigenvalue weighted by Gasteiger charge is -2.06. The number of H-pyrrole nitrogens is 1. The first-order chi connectivity index (χ1) is 7.74. The Morgan fingerprint density at radius 2 is 2.25 bits per heavy atom. The van der Waals surface area contributed by atoms with Gasteiger partial charge in [0.15, 0.2) is 0 Å². The maximum Gasteiger partial charge on any atom is 0.264 e. The molecule has 1 aromatic carbocycles. The van der Waals surface area contributed by atoms with Gasteiger partial charge in [-0.25, -0.2) is 0 Å². The SMILES string of the molecule is O=c1cc2n([nH]1)CCOc1cc(Br)ccc1-2. The quantitative estimate of drug-likeness (QED) is 0.802. The summed E-state index contributed by atoms with van der Waals surface area (Å²) in [7, 11) is 0. The van der Waals surface area contributed by atoms with Crippen LogP contribution in [0.4, 0.5) is 0 Å². The van der Waals surface area contributed by atoms with Gasteiger partial charge in [-0.3, -0.25) is 14.6 Å². The van der Waals surface area contributed by atoms with Gasteiger partial charge in [0, 0.05) is 16.1 Å². The Labute approximate surface area is 100.0 Å². The number of rotatable bonds is 0. The average Bonchev–Trinajstić information content (AvgIpc) is 2.52. The fourth-order valence-corrected chi connectivity index (χ4v) is 2.24. The summed E-state index contributed by atoms with van der Waals surface area (Å²) in [4.78, 5) is 11.3. The standard InChI is InChI=1S/C11H9BrN2O2/c12-7-1-2-8-9-6-11(15)13-14(9)3-4-16-10(8)5-7/h1-2,5-6H,3-4H2,(H,13,15). The molecule has 4 nitrogen and oxygen atoms in total. The second kappa shape index (κ2) is 3.52. The van der Waals surface area contributed by atoms with Gasteiger partial charge in [0.1, 0.15) is 12.4 Å². The molecule has 2 heterocycles. The topological polar surface area (TPSA) is 47.0 Å². The Hall–Kier alpha value is -1.49. The Morgan fingerprint density at radius 1 is 1.38 bits per heavy atom. The summed E-state index contributed by atoms with van der Waals surface area (Å²) < 4.78 is 8.43. The van der Waals surface area contributed by atoms with Crippen LogP contribution in [0.25, 0.3) is 11.3 Å². The molecule has 0 aliphatic carbocycles. The van der Waals surface area contributed by atoms with Crippen molar-refractivity contribution in [3.05, 3.63) is 39.1 Å². The van der Waals surface area contributed by atoms with Crippen molar-refractivity contribution < 1.29 is 4.74 Å². The predicted octanol–water partition coefficient (Wildman–Crippen LogP) is 2.00. The molecular formula is C11H9BrN2O2. The highest BCUT2D eigenvalue weighted by molar-refractivity contribution is 9.10. The predicted molar refractivity (Wildman–Crippen MR) is 63.7 cm³/mol. The Bertz CT molecular complexity index is 600. The third-order valence-corrected chi connectivity index (χ3v) is 3.09. The number of nitrogens with zero attached hydrogens (tertiary/aromatic N) is 1. The highest BCUT2D eigenvalue weighted by Gasteiger charge is 2.16. The maximum absolute atomic E-state index is 11.3. The zero-order valence-electron chi connectivity index (χ0n) is 8.37. The molecule has 3 rings (SSSR count). The summed E-state index contributed by atoms with van der Waals surface area (Å²) in [5.74, 6) is 0.805. The Balaban J connectivity index is 2.28. The molecule has 5 heteroatoms. The molecule has 0 spiro atoms. The summed E-state index contributed by atoms with van der Waals surface area (Å²) in [6.45, 7) is 1.21. The molecule has 0 atom stereocenters. The highest BCUT2D eigenvalue weighted by atomic mass is 79.9. The van der Waals surface area contributed by atoms with Crippen LogP contribution in [0.3, 0.4) is 0 Å². The van der Waals surface area contributed by atoms with E-state index in [1.807, 2.05) is 22.9 Å². The van der Waals surface area contributed by atoms with Crippen LogP contribution in [-0.2, 0) is 6.54 Å². The molecule has 0 radical (unpaired) electrons. The number of nitrogens with one attached hydrogen (secondary N) is 1. The van der Waals surface area contributed by atoms with Gasteiger partial charge in [-0.1, -0.05) is 15.9 Å². The normalized spacial score (nSPS) is 13.6. The average molecular weight is 281 g/mol. The zero-order valence-corrected chi connectivity index (χ0v) is 9.95. The van der Waals surface area contributed by atoms with Crippen LogP contribution in [0.5, 0.6) is 5.75 Å². The van der Waals surface area contributed by atoms with Crippen molar-refractivity contribution in [1.82, 2.24) is 9.78 Å². The van der Waals surface area contributed by atoms with Crippen molar-refractivity contribution >= 4 is 15.9 Å². The number of aromatic amines is 1. The summed E-state index contributed by atoms with van der Waals surface area (Å²) in [6, 6.07) is 7.41. The van der Waals surface area contributed by atoms with Gasteiger partial charge in [-0.15, -0.1) is 0 Å². The second-order valence-electron chi connectivity index (χ2n) is 3.65. The smallest absolute Gasteiger partial charge is 0.264 e. The molecule has 2 aromatic rings. The summed E-state index contributed by atoms with van der Waals surface area (Å²) in [5.41, 5.74) is 1.75. The van der Waals surface area contributed by atoms with Crippen LogP contribution in [0.2, 0.25) is 0 Å². The molecule has 1 N–H and O–H groups in total. The van der Waals surface area contributed by atoms with E-state index in [2.05, 4.69) is 21.0 Å². The van der Waals surface area contributed by atoms with Gasteiger partial charge in [0.25, 0.3) is 5.56 Å². The highest BCUT2D eigenvalue weighted by Crippen LogP contribution is 2.33. The van der Waals surface area contributed by atoms with E-state index in [-0.39, 0.29) is 5.56 Å². The number of ether oxygens (including phenoxy) is 1. The number of halogens is 1. The molecule has 0 saturated heterocycles. The first-order valence-electron chi connectivity index (χ1n) is 4.96. The van der Waals surface area contributed by atoms with Gasteiger partial charge in [0.05, 0.1) is 12.2 Å². The fraction of sp³-hybridized carbons (Fsp3) is 0.182. The zero-order chi connectivity index (χ0) is 11.1. The van der Waals surface area contributed by atoms with Crippen LogP contribution in [-0.4, -0.2) is 16.4 Å². The van der Waals surface area contributed by atoms with E-state index in [4.69, 9.17) is 4.74 Å². The lowest BCUT2D eigenvalue weighted by Crippen LogP contribution is -2.10. The molecule has 1 aromatic heterocycles. The third kappa shape index (κ3) is 1.48. The van der Waals surface area contributed by atoms with Crippen molar-refractivity contribution in [1.29, 1.82) is 0 Å². The molecule has 16 heavy (non-hydrogen) atoms. The molecule has 0 saturated carbocycles. The van der Waals surface area contributed by atoms with E-state index in [9.17, 15) is 4.79 Å². The maximum atomic E-state index is 11.3. The number of benzene rings is 1. The van der Waals surface area contributed by atoms with Gasteiger partial charge >= 0.3 is 0 Å². The molecule has 0 unspecified atom stereocenters. The lowest BCUT2D eigenvalue weighted by molar-refractivity contribution is 0.300. The molecule has 0 amide bonds. The minimum atomic E-state index is -0.0780. The van der Waals surface area contributed by atoms with Gasteiger partial charge in [-0.05, 0) is 18.2 Å². The summed E-state index contributed by atoms with van der Waals surface area (Å²) >= 11 is 3.40. The number of aromatic nitrogens is 2. The van der Waals surface area contributed by atoms with E-state index in [0.29, 0.717) is 13.2 Å². The molecular weight excluding hydrogens is 272 g/mol. The molecule has 0 fully saturated rings. The minimum Gasteiger partial charge on any atom is -0.491 e. The van der Waals surface area contributed by atoms with Crippen molar-refractivity contribution in [3.63, 3.8) is 0 Å². The van der Waals surface area contributed by atoms with Gasteiger partial charge < -0.3 is 4.74 Å². The first-order valence-corrected chi connectivity index (χ1v) is 5.76. The second-order valence-corrected chi connectivity index (χ2v) is 4.56. The van der Waals surface area contributed by atoms with Crippen LogP contribution in [0.15, 0.2) is 33.5 Å². The Morgan fingerprint density at radius 3 is 3.12 bits per heavy atom. The molecule has 1 aliphatic heterocycles. The molecule has 82 valence electrons. The van der Waals surface area contributed by atoms with Crippen LogP contribution in [0, 0.1) is 0 Å². The Kier molecular flexibility index (Phi) is 2.14. The minimum absolute atomic E-state index is 0.0780. The van der Waals surface area contributed by atoms with Crippen LogP contribution in [0.1, 0.15) is 0 Å². The fourth-order valence-electron chi connectivity index (χ4n) is 1.90. The van der Waals surface area contributed by atoms with Crippen molar-refractivity contribution in [2.75, 3.05) is 6.61 Å². The van der Waals surface area contributed by atoms with E-state index >= 15 is 0 Å². The van der Waals surface area contributed by atoms with E-state index in [1.54, 1.807) is 6.07 Å². The van der Waals surface area contributed by atoms with Crippen LogP contribution < -0.4 is 10.3 Å². The van der Waals surface area contributed by atoms with Crippen molar-refractivity contribution in [3.8, 4) is 17.0 Å². The third-order valence-electron chi connectivity index (χ3n) is 2.60. The molecule has 0 bridgehead atoms. The number of fused-ring (bicyclic) bond motifs is 3. The van der Waals surface area contributed by atoms with Crippen molar-refractivity contribution in [2.45, 2.75) is 6.54 Å². The first kappa shape index (κ1) is 9.72. The number of hydrogen-bond acceptors (Lipinski definition) is 2. The van der Waals surface area contributed by atoms with E-state index in [1.165, 1.54) is 0 Å². The largest absolute Gasteiger partial charge is 0.491 e. The van der Waals surface area contributed by atoms with E-state index in [0.717, 1.165) is 21.5 Å². The number of hydrogen-bond donors (Lipinski definition) is 1. The van der Waals surface area contributed by atoms with E-state index < -0.39 is 0 Å². The lowest BCUT2D eigenvalue weighted by atomic mass is 10.1. The summed E-state index contributed by atoms with van der Waals surface area (Å²) in [5, 5.41) is 2.76.